The summed E-state index contributed by atoms with van der Waals surface area (Å²) in [7, 11) is 0. The van der Waals surface area contributed by atoms with Gasteiger partial charge in [-0.3, -0.25) is 0 Å². The molecule has 0 fully saturated rings. The Hall–Kier alpha value is -1.73. The van der Waals surface area contributed by atoms with Crippen molar-refractivity contribution in [1.82, 2.24) is 0 Å². The molecule has 0 aliphatic heterocycles. The molecule has 1 N–H and O–H groups in total. The highest BCUT2D eigenvalue weighted by molar-refractivity contribution is 6.31. The van der Waals surface area contributed by atoms with E-state index in [1.165, 1.54) is 0 Å². The van der Waals surface area contributed by atoms with E-state index in [1.54, 1.807) is 36.4 Å². The number of aliphatic hydroxyl groups excluding tert-OH is 1. The van der Waals surface area contributed by atoms with Gasteiger partial charge in [-0.05, 0) is 24.3 Å². The molecule has 0 spiro atoms. The Bertz CT molecular complexity index is 665. The Labute approximate surface area is 126 Å². The number of hydrogen-bond acceptors (Lipinski definition) is 3. The van der Waals surface area contributed by atoms with E-state index in [4.69, 9.17) is 33.2 Å². The largest absolute Gasteiger partial charge is 0.488 e. The minimum Gasteiger partial charge on any atom is -0.488 e. The lowest BCUT2D eigenvalue weighted by Crippen LogP contribution is -2.00. The van der Waals surface area contributed by atoms with Crippen molar-refractivity contribution < 1.29 is 9.84 Å². The Kier molecular flexibility index (Phi) is 4.86. The molecule has 0 amide bonds. The van der Waals surface area contributed by atoms with Crippen molar-refractivity contribution in [3.63, 3.8) is 0 Å². The summed E-state index contributed by atoms with van der Waals surface area (Å²) in [6, 6.07) is 12.2. The zero-order valence-electron chi connectivity index (χ0n) is 10.4. The van der Waals surface area contributed by atoms with Gasteiger partial charge in [0, 0.05) is 21.2 Å². The predicted octanol–water partition coefficient (Wildman–Crippen LogP) is 3.94. The van der Waals surface area contributed by atoms with Crippen molar-refractivity contribution in [3.05, 3.63) is 63.1 Å². The third kappa shape index (κ3) is 3.23. The molecule has 102 valence electrons. The molecule has 0 aliphatic carbocycles. The Morgan fingerprint density at radius 2 is 1.95 bits per heavy atom. The maximum absolute atomic E-state index is 9.29. The van der Waals surface area contributed by atoms with Crippen molar-refractivity contribution in [2.24, 2.45) is 0 Å². The van der Waals surface area contributed by atoms with Crippen LogP contribution in [-0.4, -0.2) is 5.11 Å². The average molecular weight is 308 g/mol. The van der Waals surface area contributed by atoms with Crippen LogP contribution >= 0.6 is 23.2 Å². The third-order valence-electron chi connectivity index (χ3n) is 2.80. The van der Waals surface area contributed by atoms with Crippen molar-refractivity contribution >= 4 is 23.2 Å². The molecule has 5 heteroatoms. The van der Waals surface area contributed by atoms with Gasteiger partial charge in [0.2, 0.25) is 0 Å². The highest BCUT2D eigenvalue weighted by atomic mass is 35.5. The fourth-order valence-electron chi connectivity index (χ4n) is 1.72. The van der Waals surface area contributed by atoms with Gasteiger partial charge >= 0.3 is 0 Å². The molecule has 2 aromatic rings. The van der Waals surface area contributed by atoms with Crippen LogP contribution in [-0.2, 0) is 13.2 Å². The van der Waals surface area contributed by atoms with E-state index >= 15 is 0 Å². The van der Waals surface area contributed by atoms with Gasteiger partial charge in [-0.2, -0.15) is 5.26 Å². The number of aliphatic hydroxyl groups is 1. The van der Waals surface area contributed by atoms with Crippen LogP contribution in [0.25, 0.3) is 0 Å². The van der Waals surface area contributed by atoms with E-state index in [0.717, 1.165) is 5.56 Å². The van der Waals surface area contributed by atoms with E-state index in [9.17, 15) is 5.11 Å². The molecule has 2 rings (SSSR count). The van der Waals surface area contributed by atoms with Crippen LogP contribution in [0.1, 0.15) is 16.7 Å². The van der Waals surface area contributed by atoms with Crippen LogP contribution in [0.4, 0.5) is 0 Å². The molecule has 20 heavy (non-hydrogen) atoms. The lowest BCUT2D eigenvalue weighted by Gasteiger charge is -2.12. The lowest BCUT2D eigenvalue weighted by molar-refractivity contribution is 0.259. The molecule has 0 aromatic heterocycles. The fourth-order valence-corrected chi connectivity index (χ4v) is 2.18. The minimum absolute atomic E-state index is 0.198. The highest BCUT2D eigenvalue weighted by Gasteiger charge is 2.08. The van der Waals surface area contributed by atoms with Crippen molar-refractivity contribution in [1.29, 1.82) is 5.26 Å². The summed E-state index contributed by atoms with van der Waals surface area (Å²) in [6.45, 7) is 0.0357. The van der Waals surface area contributed by atoms with E-state index in [-0.39, 0.29) is 13.2 Å². The number of nitrogens with zero attached hydrogens (tertiary/aromatic N) is 1. The summed E-state index contributed by atoms with van der Waals surface area (Å²) >= 11 is 12.1. The van der Waals surface area contributed by atoms with Crippen LogP contribution in [0.5, 0.6) is 5.75 Å². The van der Waals surface area contributed by atoms with Gasteiger partial charge in [-0.1, -0.05) is 35.3 Å². The second-order valence-electron chi connectivity index (χ2n) is 4.08. The maximum atomic E-state index is 9.29. The second kappa shape index (κ2) is 6.62. The van der Waals surface area contributed by atoms with Crippen LogP contribution in [0.15, 0.2) is 36.4 Å². The van der Waals surface area contributed by atoms with E-state index < -0.39 is 0 Å². The number of benzene rings is 2. The second-order valence-corrected chi connectivity index (χ2v) is 4.90. The van der Waals surface area contributed by atoms with Crippen molar-refractivity contribution in [2.75, 3.05) is 0 Å². The van der Waals surface area contributed by atoms with E-state index in [0.29, 0.717) is 26.9 Å². The lowest BCUT2D eigenvalue weighted by atomic mass is 10.1. The van der Waals surface area contributed by atoms with Crippen LogP contribution < -0.4 is 4.74 Å². The zero-order valence-corrected chi connectivity index (χ0v) is 11.9. The topological polar surface area (TPSA) is 53.2 Å². The molecule has 0 saturated heterocycles. The zero-order chi connectivity index (χ0) is 14.5. The van der Waals surface area contributed by atoms with Gasteiger partial charge < -0.3 is 9.84 Å². The Morgan fingerprint density at radius 1 is 1.15 bits per heavy atom. The van der Waals surface area contributed by atoms with Gasteiger partial charge in [0.15, 0.2) is 0 Å². The third-order valence-corrected chi connectivity index (χ3v) is 3.51. The van der Waals surface area contributed by atoms with Crippen LogP contribution in [0.2, 0.25) is 10.0 Å². The monoisotopic (exact) mass is 307 g/mol. The number of nitriles is 1. The number of hydrogen-bond donors (Lipinski definition) is 1. The Morgan fingerprint density at radius 3 is 2.60 bits per heavy atom. The molecular weight excluding hydrogens is 297 g/mol. The van der Waals surface area contributed by atoms with Gasteiger partial charge in [0.1, 0.15) is 12.4 Å². The summed E-state index contributed by atoms with van der Waals surface area (Å²) in [5.74, 6) is 0.514. The van der Waals surface area contributed by atoms with E-state index in [1.807, 2.05) is 6.07 Å². The average Bonchev–Trinajstić information content (AvgIpc) is 2.46. The molecule has 0 bridgehead atoms. The first-order chi connectivity index (χ1) is 9.65. The SMILES string of the molecule is N#Cc1ccc(COc2cccc(Cl)c2CO)c(Cl)c1. The van der Waals surface area contributed by atoms with E-state index in [2.05, 4.69) is 0 Å². The summed E-state index contributed by atoms with van der Waals surface area (Å²) in [6.07, 6.45) is 0. The number of halogens is 2. The predicted molar refractivity (Wildman–Crippen MR) is 77.9 cm³/mol. The highest BCUT2D eigenvalue weighted by Crippen LogP contribution is 2.28. The number of rotatable bonds is 4. The molecule has 0 unspecified atom stereocenters. The van der Waals surface area contributed by atoms with Crippen LogP contribution in [0, 0.1) is 11.3 Å². The quantitative estimate of drug-likeness (QED) is 0.931. The summed E-state index contributed by atoms with van der Waals surface area (Å²) < 4.78 is 5.64. The summed E-state index contributed by atoms with van der Waals surface area (Å²) in [5.41, 5.74) is 1.80. The maximum Gasteiger partial charge on any atom is 0.126 e. The van der Waals surface area contributed by atoms with Crippen LogP contribution in [0.3, 0.4) is 0 Å². The summed E-state index contributed by atoms with van der Waals surface area (Å²) in [4.78, 5) is 0. The fraction of sp³-hybridized carbons (Fsp3) is 0.133. The smallest absolute Gasteiger partial charge is 0.126 e. The molecule has 0 saturated carbocycles. The molecule has 2 aromatic carbocycles. The summed E-state index contributed by atoms with van der Waals surface area (Å²) in [5, 5.41) is 19.0. The van der Waals surface area contributed by atoms with Crippen molar-refractivity contribution in [3.8, 4) is 11.8 Å². The molecule has 0 aliphatic rings. The van der Waals surface area contributed by atoms with Gasteiger partial charge in [0.25, 0.3) is 0 Å². The molecule has 3 nitrogen and oxygen atoms in total. The molecule has 0 heterocycles. The normalized spacial score (nSPS) is 10.1. The number of ether oxygens (including phenoxy) is 1. The first-order valence-corrected chi connectivity index (χ1v) is 6.61. The molecular formula is C15H11Cl2NO2. The minimum atomic E-state index is -0.198. The van der Waals surface area contributed by atoms with Gasteiger partial charge in [-0.25, -0.2) is 0 Å². The molecule has 0 radical (unpaired) electrons. The van der Waals surface area contributed by atoms with Gasteiger partial charge in [0.05, 0.1) is 18.2 Å². The molecule has 0 atom stereocenters. The first kappa shape index (κ1) is 14.7. The first-order valence-electron chi connectivity index (χ1n) is 5.85. The Balaban J connectivity index is 2.17. The van der Waals surface area contributed by atoms with Gasteiger partial charge in [-0.15, -0.1) is 0 Å². The standard InChI is InChI=1S/C15H11Cl2NO2/c16-13-2-1-3-15(12(13)8-19)20-9-11-5-4-10(7-18)6-14(11)17/h1-6,19H,8-9H2. The van der Waals surface area contributed by atoms with Crippen molar-refractivity contribution in [2.45, 2.75) is 13.2 Å².